The standard InChI is InChI=1S/C21H25ClF3N5O2S/c1-33(32)27-18-5-10-30(26-18)19(31)28-11-7-20(8-12-28)6-2-9-29(20)14-15-3-4-16(17(22)13-15)21(23,24)25/h3-5,10,13H,2,6-9,11-12,14H2,1H3,(H,26,27). The topological polar surface area (TPSA) is 70.5 Å². The normalized spacial score (nSPS) is 19.7. The predicted molar refractivity (Wildman–Crippen MR) is 120 cm³/mol. The number of hydrogen-bond donors (Lipinski definition) is 1. The number of aromatic nitrogens is 2. The summed E-state index contributed by atoms with van der Waals surface area (Å²) in [5.74, 6) is 0.370. The number of alkyl halides is 3. The van der Waals surface area contributed by atoms with Crippen molar-refractivity contribution in [2.75, 3.05) is 30.6 Å². The maximum atomic E-state index is 13.0. The summed E-state index contributed by atoms with van der Waals surface area (Å²) in [6.45, 7) is 2.50. The fourth-order valence-electron chi connectivity index (χ4n) is 4.81. The zero-order chi connectivity index (χ0) is 23.8. The summed E-state index contributed by atoms with van der Waals surface area (Å²) in [5, 5.41) is 3.85. The summed E-state index contributed by atoms with van der Waals surface area (Å²) >= 11 is 5.91. The van der Waals surface area contributed by atoms with E-state index in [0.29, 0.717) is 25.5 Å². The summed E-state index contributed by atoms with van der Waals surface area (Å²) in [4.78, 5) is 16.9. The summed E-state index contributed by atoms with van der Waals surface area (Å²) in [6.07, 6.45) is 2.10. The lowest BCUT2D eigenvalue weighted by Crippen LogP contribution is -2.53. The molecule has 4 rings (SSSR count). The number of likely N-dealkylation sites (tertiary alicyclic amines) is 2. The Hall–Kier alpha value is -2.11. The van der Waals surface area contributed by atoms with E-state index in [2.05, 4.69) is 14.7 Å². The zero-order valence-corrected chi connectivity index (χ0v) is 19.6. The zero-order valence-electron chi connectivity index (χ0n) is 18.1. The Bertz CT molecular complexity index is 1050. The van der Waals surface area contributed by atoms with Gasteiger partial charge in [0.2, 0.25) is 0 Å². The summed E-state index contributed by atoms with van der Waals surface area (Å²) in [6, 6.07) is 5.30. The third-order valence-corrected chi connectivity index (χ3v) is 7.26. The number of benzene rings is 1. The van der Waals surface area contributed by atoms with Crippen molar-refractivity contribution in [3.63, 3.8) is 0 Å². The van der Waals surface area contributed by atoms with Crippen LogP contribution in [0.25, 0.3) is 0 Å². The number of amides is 1. The van der Waals surface area contributed by atoms with Crippen LogP contribution in [0.4, 0.5) is 23.8 Å². The molecule has 1 atom stereocenters. The molecule has 2 saturated heterocycles. The second-order valence-electron chi connectivity index (χ2n) is 8.53. The fraction of sp³-hybridized carbons (Fsp3) is 0.524. The van der Waals surface area contributed by atoms with Gasteiger partial charge < -0.3 is 4.90 Å². The van der Waals surface area contributed by atoms with E-state index in [9.17, 15) is 22.2 Å². The Kier molecular flexibility index (Phi) is 6.75. The Morgan fingerprint density at radius 2 is 1.94 bits per heavy atom. The quantitative estimate of drug-likeness (QED) is 0.673. The number of rotatable bonds is 4. The van der Waals surface area contributed by atoms with Gasteiger partial charge in [-0.2, -0.15) is 17.9 Å². The molecular formula is C21H25ClF3N5O2S. The molecule has 1 unspecified atom stereocenters. The van der Waals surface area contributed by atoms with Gasteiger partial charge in [-0.05, 0) is 49.9 Å². The lowest BCUT2D eigenvalue weighted by Gasteiger charge is -2.45. The first kappa shape index (κ1) is 24.0. The minimum atomic E-state index is -4.47. The fourth-order valence-corrected chi connectivity index (χ4v) is 5.52. The lowest BCUT2D eigenvalue weighted by molar-refractivity contribution is -0.137. The van der Waals surface area contributed by atoms with Gasteiger partial charge in [-0.25, -0.2) is 9.00 Å². The van der Waals surface area contributed by atoms with Gasteiger partial charge in [0.05, 0.1) is 10.6 Å². The molecule has 180 valence electrons. The second-order valence-corrected chi connectivity index (χ2v) is 10.1. The first-order chi connectivity index (χ1) is 15.6. The molecule has 0 bridgehead atoms. The van der Waals surface area contributed by atoms with Gasteiger partial charge >= 0.3 is 12.2 Å². The molecule has 7 nitrogen and oxygen atoms in total. The number of piperidine rings is 1. The number of halogens is 4. The highest BCUT2D eigenvalue weighted by atomic mass is 35.5. The number of nitrogens with one attached hydrogen (secondary N) is 1. The highest BCUT2D eigenvalue weighted by Gasteiger charge is 2.44. The van der Waals surface area contributed by atoms with Crippen LogP contribution in [0.5, 0.6) is 0 Å². The van der Waals surface area contributed by atoms with Crippen LogP contribution in [0, 0.1) is 0 Å². The van der Waals surface area contributed by atoms with Crippen molar-refractivity contribution in [2.45, 2.75) is 43.9 Å². The molecule has 1 aromatic heterocycles. The maximum absolute atomic E-state index is 13.0. The number of nitrogens with zero attached hydrogens (tertiary/aromatic N) is 4. The highest BCUT2D eigenvalue weighted by molar-refractivity contribution is 7.85. The van der Waals surface area contributed by atoms with Gasteiger partial charge in [-0.3, -0.25) is 9.62 Å². The summed E-state index contributed by atoms with van der Waals surface area (Å²) in [7, 11) is -1.28. The predicted octanol–water partition coefficient (Wildman–Crippen LogP) is 4.36. The molecule has 1 amide bonds. The van der Waals surface area contributed by atoms with Gasteiger partial charge in [0.15, 0.2) is 5.82 Å². The van der Waals surface area contributed by atoms with Crippen LogP contribution in [0.3, 0.4) is 0 Å². The van der Waals surface area contributed by atoms with E-state index in [1.165, 1.54) is 29.3 Å². The van der Waals surface area contributed by atoms with Crippen molar-refractivity contribution < 1.29 is 22.2 Å². The average Bonchev–Trinajstić information content (AvgIpc) is 3.34. The molecule has 2 aliphatic rings. The molecule has 2 fully saturated rings. The summed E-state index contributed by atoms with van der Waals surface area (Å²) in [5.41, 5.74) is -0.155. The van der Waals surface area contributed by atoms with Crippen molar-refractivity contribution >= 4 is 34.4 Å². The molecule has 1 aromatic carbocycles. The van der Waals surface area contributed by atoms with Gasteiger partial charge in [0, 0.05) is 43.7 Å². The van der Waals surface area contributed by atoms with E-state index in [4.69, 9.17) is 11.6 Å². The molecule has 3 heterocycles. The molecule has 33 heavy (non-hydrogen) atoms. The maximum Gasteiger partial charge on any atom is 0.417 e. The third-order valence-electron chi connectivity index (χ3n) is 6.45. The van der Waals surface area contributed by atoms with Gasteiger partial charge in [0.1, 0.15) is 11.0 Å². The van der Waals surface area contributed by atoms with Crippen LogP contribution in [-0.4, -0.2) is 61.2 Å². The van der Waals surface area contributed by atoms with E-state index in [1.807, 2.05) is 0 Å². The number of carbonyl (C=O) groups excluding carboxylic acids is 1. The second kappa shape index (κ2) is 9.27. The molecule has 12 heteroatoms. The first-order valence-corrected chi connectivity index (χ1v) is 12.6. The minimum Gasteiger partial charge on any atom is -0.323 e. The third kappa shape index (κ3) is 5.20. The summed E-state index contributed by atoms with van der Waals surface area (Å²) < 4.78 is 54.2. The highest BCUT2D eigenvalue weighted by Crippen LogP contribution is 2.40. The van der Waals surface area contributed by atoms with Crippen molar-refractivity contribution in [2.24, 2.45) is 0 Å². The largest absolute Gasteiger partial charge is 0.417 e. The lowest BCUT2D eigenvalue weighted by atomic mass is 9.84. The molecule has 2 aromatic rings. The van der Waals surface area contributed by atoms with Crippen molar-refractivity contribution in [3.8, 4) is 0 Å². The van der Waals surface area contributed by atoms with Gasteiger partial charge in [0.25, 0.3) is 0 Å². The smallest absolute Gasteiger partial charge is 0.323 e. The average molecular weight is 504 g/mol. The molecule has 2 aliphatic heterocycles. The van der Waals surface area contributed by atoms with Crippen LogP contribution >= 0.6 is 11.6 Å². The van der Waals surface area contributed by atoms with Crippen molar-refractivity contribution in [3.05, 3.63) is 46.6 Å². The number of anilines is 1. The van der Waals surface area contributed by atoms with E-state index >= 15 is 0 Å². The van der Waals surface area contributed by atoms with E-state index in [-0.39, 0.29) is 16.6 Å². The Labute approximate surface area is 197 Å². The van der Waals surface area contributed by atoms with Crippen LogP contribution < -0.4 is 4.72 Å². The van der Waals surface area contributed by atoms with Crippen LogP contribution in [0.2, 0.25) is 5.02 Å². The van der Waals surface area contributed by atoms with Gasteiger partial charge in [-0.1, -0.05) is 17.7 Å². The molecule has 0 aliphatic carbocycles. The SMILES string of the molecule is CS(=O)Nc1ccn(C(=O)N2CCC3(CCCN3Cc3ccc(C(F)(F)F)c(Cl)c3)CC2)n1. The monoisotopic (exact) mass is 503 g/mol. The van der Waals surface area contributed by atoms with Crippen molar-refractivity contribution in [1.82, 2.24) is 19.6 Å². The number of carbonyl (C=O) groups is 1. The number of hydrogen-bond acceptors (Lipinski definition) is 4. The van der Waals surface area contributed by atoms with E-state index < -0.39 is 22.7 Å². The first-order valence-electron chi connectivity index (χ1n) is 10.6. The van der Waals surface area contributed by atoms with Crippen molar-refractivity contribution in [1.29, 1.82) is 0 Å². The van der Waals surface area contributed by atoms with Crippen LogP contribution in [0.1, 0.15) is 36.8 Å². The molecule has 0 saturated carbocycles. The van der Waals surface area contributed by atoms with Crippen LogP contribution in [-0.2, 0) is 23.7 Å². The minimum absolute atomic E-state index is 0.0815. The molecule has 1 N–H and O–H groups in total. The van der Waals surface area contributed by atoms with E-state index in [0.717, 1.165) is 43.9 Å². The Morgan fingerprint density at radius 3 is 2.58 bits per heavy atom. The Balaban J connectivity index is 1.40. The van der Waals surface area contributed by atoms with Crippen LogP contribution in [0.15, 0.2) is 30.5 Å². The Morgan fingerprint density at radius 1 is 1.21 bits per heavy atom. The van der Waals surface area contributed by atoms with Gasteiger partial charge in [-0.15, -0.1) is 5.10 Å². The van der Waals surface area contributed by atoms with E-state index in [1.54, 1.807) is 11.0 Å². The molecule has 0 radical (unpaired) electrons. The molecular weight excluding hydrogens is 479 g/mol. The molecule has 1 spiro atoms.